The lowest BCUT2D eigenvalue weighted by Crippen LogP contribution is -2.05. The molecule has 142 valence electrons. The van der Waals surface area contributed by atoms with Gasteiger partial charge in [-0.1, -0.05) is 18.2 Å². The molecular weight excluding hydrogens is 364 g/mol. The highest BCUT2D eigenvalue weighted by Gasteiger charge is 2.12. The van der Waals surface area contributed by atoms with Crippen molar-refractivity contribution < 1.29 is 4.74 Å². The van der Waals surface area contributed by atoms with Crippen LogP contribution in [0.4, 0.5) is 0 Å². The molecule has 7 heteroatoms. The molecule has 0 saturated carbocycles. The molecule has 0 radical (unpaired) electrons. The molecule has 4 aromatic heterocycles. The summed E-state index contributed by atoms with van der Waals surface area (Å²) in [5, 5.41) is 2.36. The SMILES string of the molecule is Cn1c2ccccc2c2cc(CCOc3nccnc3-c3cncnc3)cnc21. The van der Waals surface area contributed by atoms with Gasteiger partial charge >= 0.3 is 0 Å². The first kappa shape index (κ1) is 17.2. The predicted molar refractivity (Wildman–Crippen MR) is 110 cm³/mol. The number of nitrogens with zero attached hydrogens (tertiary/aromatic N) is 6. The van der Waals surface area contributed by atoms with Gasteiger partial charge in [0, 0.05) is 60.8 Å². The fraction of sp³-hybridized carbons (Fsp3) is 0.136. The van der Waals surface area contributed by atoms with Crippen LogP contribution in [-0.4, -0.2) is 36.1 Å². The summed E-state index contributed by atoms with van der Waals surface area (Å²) in [5.74, 6) is 0.474. The topological polar surface area (TPSA) is 78.6 Å². The Hall–Kier alpha value is -3.87. The number of aryl methyl sites for hydroxylation is 1. The quantitative estimate of drug-likeness (QED) is 0.462. The molecule has 0 fully saturated rings. The van der Waals surface area contributed by atoms with Crippen molar-refractivity contribution in [1.82, 2.24) is 29.5 Å². The Kier molecular flexibility index (Phi) is 4.32. The lowest BCUT2D eigenvalue weighted by Gasteiger charge is -2.09. The molecule has 4 heterocycles. The molecule has 5 rings (SSSR count). The number of ether oxygens (including phenoxy) is 1. The van der Waals surface area contributed by atoms with Crippen molar-refractivity contribution >= 4 is 21.9 Å². The molecule has 0 aliphatic heterocycles. The number of hydrogen-bond acceptors (Lipinski definition) is 6. The number of benzene rings is 1. The van der Waals surface area contributed by atoms with Crippen LogP contribution >= 0.6 is 0 Å². The molecule has 0 atom stereocenters. The van der Waals surface area contributed by atoms with E-state index in [1.54, 1.807) is 24.8 Å². The molecule has 29 heavy (non-hydrogen) atoms. The fourth-order valence-electron chi connectivity index (χ4n) is 3.53. The highest BCUT2D eigenvalue weighted by atomic mass is 16.5. The van der Waals surface area contributed by atoms with Crippen molar-refractivity contribution in [3.63, 3.8) is 0 Å². The van der Waals surface area contributed by atoms with Gasteiger partial charge in [0.2, 0.25) is 5.88 Å². The molecule has 0 bridgehead atoms. The smallest absolute Gasteiger partial charge is 0.240 e. The highest BCUT2D eigenvalue weighted by Crippen LogP contribution is 2.27. The van der Waals surface area contributed by atoms with Crippen molar-refractivity contribution in [2.45, 2.75) is 6.42 Å². The summed E-state index contributed by atoms with van der Waals surface area (Å²) < 4.78 is 8.06. The lowest BCUT2D eigenvalue weighted by atomic mass is 10.1. The first-order valence-electron chi connectivity index (χ1n) is 9.32. The maximum Gasteiger partial charge on any atom is 0.240 e. The Balaban J connectivity index is 1.38. The second-order valence-corrected chi connectivity index (χ2v) is 6.73. The molecule has 0 saturated heterocycles. The number of rotatable bonds is 5. The second kappa shape index (κ2) is 7.27. The van der Waals surface area contributed by atoms with Crippen molar-refractivity contribution in [2.24, 2.45) is 7.05 Å². The minimum atomic E-state index is 0.470. The zero-order valence-electron chi connectivity index (χ0n) is 15.9. The van der Waals surface area contributed by atoms with Crippen LogP contribution in [0.2, 0.25) is 0 Å². The Morgan fingerprint density at radius 1 is 0.931 bits per heavy atom. The minimum Gasteiger partial charge on any atom is -0.476 e. The Morgan fingerprint density at radius 2 is 1.76 bits per heavy atom. The first-order valence-corrected chi connectivity index (χ1v) is 9.32. The Morgan fingerprint density at radius 3 is 2.66 bits per heavy atom. The summed E-state index contributed by atoms with van der Waals surface area (Å²) in [4.78, 5) is 21.4. The molecule has 0 amide bonds. The average molecular weight is 382 g/mol. The van der Waals surface area contributed by atoms with E-state index < -0.39 is 0 Å². The van der Waals surface area contributed by atoms with Gasteiger partial charge in [-0.3, -0.25) is 0 Å². The van der Waals surface area contributed by atoms with Gasteiger partial charge in [-0.25, -0.2) is 24.9 Å². The van der Waals surface area contributed by atoms with Crippen LogP contribution in [-0.2, 0) is 13.5 Å². The van der Waals surface area contributed by atoms with Gasteiger partial charge in [0.15, 0.2) is 0 Å². The third-order valence-corrected chi connectivity index (χ3v) is 4.92. The van der Waals surface area contributed by atoms with E-state index in [4.69, 9.17) is 4.74 Å². The van der Waals surface area contributed by atoms with Crippen molar-refractivity contribution in [3.05, 3.63) is 73.2 Å². The van der Waals surface area contributed by atoms with E-state index in [-0.39, 0.29) is 0 Å². The first-order chi connectivity index (χ1) is 14.3. The van der Waals surface area contributed by atoms with Gasteiger partial charge in [0.25, 0.3) is 0 Å². The zero-order chi connectivity index (χ0) is 19.6. The largest absolute Gasteiger partial charge is 0.476 e. The van der Waals surface area contributed by atoms with Crippen molar-refractivity contribution in [3.8, 4) is 17.1 Å². The minimum absolute atomic E-state index is 0.470. The fourth-order valence-corrected chi connectivity index (χ4v) is 3.53. The van der Waals surface area contributed by atoms with Gasteiger partial charge < -0.3 is 9.30 Å². The van der Waals surface area contributed by atoms with E-state index in [2.05, 4.69) is 53.8 Å². The molecule has 1 aromatic carbocycles. The van der Waals surface area contributed by atoms with Gasteiger partial charge in [0.1, 0.15) is 17.7 Å². The molecule has 0 aliphatic carbocycles. The average Bonchev–Trinajstić information content (AvgIpc) is 3.07. The zero-order valence-corrected chi connectivity index (χ0v) is 15.9. The van der Waals surface area contributed by atoms with Gasteiger partial charge in [-0.15, -0.1) is 0 Å². The van der Waals surface area contributed by atoms with E-state index >= 15 is 0 Å². The summed E-state index contributed by atoms with van der Waals surface area (Å²) >= 11 is 0. The predicted octanol–water partition coefficient (Wildman–Crippen LogP) is 3.60. The number of hydrogen-bond donors (Lipinski definition) is 0. The van der Waals surface area contributed by atoms with Crippen molar-refractivity contribution in [2.75, 3.05) is 6.61 Å². The third kappa shape index (κ3) is 3.16. The maximum absolute atomic E-state index is 5.94. The van der Waals surface area contributed by atoms with Crippen LogP contribution < -0.4 is 4.74 Å². The number of para-hydroxylation sites is 1. The summed E-state index contributed by atoms with van der Waals surface area (Å²) in [6.45, 7) is 0.470. The standard InChI is InChI=1S/C22H18N6O/c1-28-19-5-3-2-4-17(19)18-10-15(11-27-21(18)28)6-9-29-22-20(25-7-8-26-22)16-12-23-14-24-13-16/h2-5,7-8,10-14H,6,9H2,1H3. The molecular formula is C22H18N6O. The van der Waals surface area contributed by atoms with E-state index in [0.717, 1.165) is 22.2 Å². The number of pyridine rings is 1. The Labute approximate surface area is 167 Å². The second-order valence-electron chi connectivity index (χ2n) is 6.73. The van der Waals surface area contributed by atoms with Gasteiger partial charge in [-0.2, -0.15) is 0 Å². The van der Waals surface area contributed by atoms with E-state index in [1.165, 1.54) is 17.2 Å². The maximum atomic E-state index is 5.94. The van der Waals surface area contributed by atoms with E-state index in [9.17, 15) is 0 Å². The number of fused-ring (bicyclic) bond motifs is 3. The molecule has 0 unspecified atom stereocenters. The van der Waals surface area contributed by atoms with Crippen LogP contribution in [0, 0.1) is 0 Å². The van der Waals surface area contributed by atoms with Gasteiger partial charge in [0.05, 0.1) is 12.1 Å². The van der Waals surface area contributed by atoms with Crippen molar-refractivity contribution in [1.29, 1.82) is 0 Å². The molecule has 5 aromatic rings. The molecule has 7 nitrogen and oxygen atoms in total. The van der Waals surface area contributed by atoms with E-state index in [1.807, 2.05) is 19.3 Å². The van der Waals surface area contributed by atoms with Crippen LogP contribution in [0.5, 0.6) is 5.88 Å². The monoisotopic (exact) mass is 382 g/mol. The highest BCUT2D eigenvalue weighted by molar-refractivity contribution is 6.06. The summed E-state index contributed by atoms with van der Waals surface area (Å²) in [7, 11) is 2.04. The summed E-state index contributed by atoms with van der Waals surface area (Å²) in [6.07, 6.45) is 10.8. The molecule has 0 N–H and O–H groups in total. The van der Waals surface area contributed by atoms with Crippen LogP contribution in [0.1, 0.15) is 5.56 Å². The molecule has 0 aliphatic rings. The molecule has 0 spiro atoms. The van der Waals surface area contributed by atoms with E-state index in [0.29, 0.717) is 24.6 Å². The van der Waals surface area contributed by atoms with Crippen LogP contribution in [0.25, 0.3) is 33.2 Å². The Bertz CT molecular complexity index is 1300. The summed E-state index contributed by atoms with van der Waals surface area (Å²) in [5.41, 5.74) is 4.68. The normalized spacial score (nSPS) is 11.2. The van der Waals surface area contributed by atoms with Gasteiger partial charge in [-0.05, 0) is 17.7 Å². The lowest BCUT2D eigenvalue weighted by molar-refractivity contribution is 0.309. The van der Waals surface area contributed by atoms with Crippen LogP contribution in [0.15, 0.2) is 67.6 Å². The summed E-state index contributed by atoms with van der Waals surface area (Å²) in [6, 6.07) is 10.5. The van der Waals surface area contributed by atoms with Crippen LogP contribution in [0.3, 0.4) is 0 Å². The third-order valence-electron chi connectivity index (χ3n) is 4.92. The number of aromatic nitrogens is 6.